The van der Waals surface area contributed by atoms with Gasteiger partial charge in [-0.15, -0.1) is 0 Å². The summed E-state index contributed by atoms with van der Waals surface area (Å²) in [6.07, 6.45) is 10.2. The first-order valence-electron chi connectivity index (χ1n) is 6.47. The van der Waals surface area contributed by atoms with Crippen LogP contribution < -0.4 is 16.6 Å². The molecule has 1 fully saturated rings. The largest absolute Gasteiger partial charge is 0.367 e. The SMILES string of the molecule is CSC1(CNc2nc(NN)ncc2Cl)CCCCC1. The van der Waals surface area contributed by atoms with Gasteiger partial charge in [-0.2, -0.15) is 16.7 Å². The summed E-state index contributed by atoms with van der Waals surface area (Å²) in [5.41, 5.74) is 2.43. The molecule has 1 aromatic heterocycles. The van der Waals surface area contributed by atoms with Crippen molar-refractivity contribution < 1.29 is 0 Å². The van der Waals surface area contributed by atoms with Gasteiger partial charge < -0.3 is 5.32 Å². The van der Waals surface area contributed by atoms with Gasteiger partial charge in [-0.1, -0.05) is 30.9 Å². The van der Waals surface area contributed by atoms with Gasteiger partial charge in [-0.3, -0.25) is 5.43 Å². The summed E-state index contributed by atoms with van der Waals surface area (Å²) in [6, 6.07) is 0. The normalized spacial score (nSPS) is 18.1. The average Bonchev–Trinajstić information content (AvgIpc) is 2.47. The molecular formula is C12H20ClN5S. The van der Waals surface area contributed by atoms with Crippen LogP contribution in [-0.4, -0.2) is 27.5 Å². The first kappa shape index (κ1) is 14.7. The number of halogens is 1. The number of hydrogen-bond donors (Lipinski definition) is 3. The van der Waals surface area contributed by atoms with Gasteiger partial charge in [0, 0.05) is 11.3 Å². The van der Waals surface area contributed by atoms with Crippen LogP contribution in [0.4, 0.5) is 11.8 Å². The lowest BCUT2D eigenvalue weighted by Crippen LogP contribution is -2.35. The van der Waals surface area contributed by atoms with Crippen LogP contribution in [0.5, 0.6) is 0 Å². The molecule has 0 aromatic carbocycles. The molecule has 0 bridgehead atoms. The fourth-order valence-corrected chi connectivity index (χ4v) is 3.53. The molecule has 0 radical (unpaired) electrons. The fourth-order valence-electron chi connectivity index (χ4n) is 2.45. The van der Waals surface area contributed by atoms with E-state index in [9.17, 15) is 0 Å². The maximum atomic E-state index is 6.10. The van der Waals surface area contributed by atoms with Crippen LogP contribution in [0, 0.1) is 0 Å². The lowest BCUT2D eigenvalue weighted by molar-refractivity contribution is 0.411. The van der Waals surface area contributed by atoms with E-state index in [1.165, 1.54) is 32.1 Å². The molecule has 1 aliphatic carbocycles. The third-order valence-corrected chi connectivity index (χ3v) is 5.34. The zero-order valence-electron chi connectivity index (χ0n) is 11.1. The van der Waals surface area contributed by atoms with Gasteiger partial charge in [-0.25, -0.2) is 10.8 Å². The predicted octanol–water partition coefficient (Wildman–Crippen LogP) is 2.89. The van der Waals surface area contributed by atoms with Crippen LogP contribution in [0.15, 0.2) is 6.20 Å². The van der Waals surface area contributed by atoms with E-state index in [0.29, 0.717) is 21.5 Å². The molecule has 19 heavy (non-hydrogen) atoms. The summed E-state index contributed by atoms with van der Waals surface area (Å²) >= 11 is 8.04. The van der Waals surface area contributed by atoms with Crippen molar-refractivity contribution in [3.8, 4) is 0 Å². The number of anilines is 2. The Hall–Kier alpha value is -0.720. The minimum atomic E-state index is 0.294. The standard InChI is InChI=1S/C12H20ClN5S/c1-19-12(5-3-2-4-6-12)8-16-10-9(13)7-15-11(17-10)18-14/h7H,2-6,8,14H2,1H3,(H2,15,16,17,18). The Balaban J connectivity index is 2.04. The molecule has 0 unspecified atom stereocenters. The van der Waals surface area contributed by atoms with Crippen LogP contribution in [-0.2, 0) is 0 Å². The van der Waals surface area contributed by atoms with Gasteiger partial charge in [-0.05, 0) is 19.1 Å². The Morgan fingerprint density at radius 1 is 1.42 bits per heavy atom. The summed E-state index contributed by atoms with van der Waals surface area (Å²) in [4.78, 5) is 8.21. The number of nitrogens with zero attached hydrogens (tertiary/aromatic N) is 2. The molecule has 0 aliphatic heterocycles. The Kier molecular flexibility index (Phi) is 5.13. The average molecular weight is 302 g/mol. The molecule has 0 amide bonds. The van der Waals surface area contributed by atoms with Crippen molar-refractivity contribution in [2.45, 2.75) is 36.9 Å². The highest BCUT2D eigenvalue weighted by molar-refractivity contribution is 8.00. The number of rotatable bonds is 5. The van der Waals surface area contributed by atoms with E-state index in [0.717, 1.165) is 6.54 Å². The topological polar surface area (TPSA) is 75.9 Å². The number of nitrogen functional groups attached to an aromatic ring is 1. The van der Waals surface area contributed by atoms with E-state index < -0.39 is 0 Å². The lowest BCUT2D eigenvalue weighted by atomic mass is 9.88. The number of hydrogen-bond acceptors (Lipinski definition) is 6. The molecule has 5 nitrogen and oxygen atoms in total. The molecule has 2 rings (SSSR count). The third-order valence-electron chi connectivity index (χ3n) is 3.65. The zero-order chi connectivity index (χ0) is 13.7. The minimum absolute atomic E-state index is 0.294. The molecule has 4 N–H and O–H groups in total. The number of thioether (sulfide) groups is 1. The van der Waals surface area contributed by atoms with Crippen LogP contribution in [0.1, 0.15) is 32.1 Å². The molecule has 1 aromatic rings. The van der Waals surface area contributed by atoms with E-state index >= 15 is 0 Å². The van der Waals surface area contributed by atoms with Crippen molar-refractivity contribution in [3.05, 3.63) is 11.2 Å². The highest BCUT2D eigenvalue weighted by Crippen LogP contribution is 2.38. The molecule has 0 spiro atoms. The van der Waals surface area contributed by atoms with Crippen LogP contribution >= 0.6 is 23.4 Å². The first-order chi connectivity index (χ1) is 9.19. The van der Waals surface area contributed by atoms with E-state index in [4.69, 9.17) is 17.4 Å². The Morgan fingerprint density at radius 2 is 2.16 bits per heavy atom. The van der Waals surface area contributed by atoms with Crippen molar-refractivity contribution in [2.75, 3.05) is 23.5 Å². The summed E-state index contributed by atoms with van der Waals surface area (Å²) < 4.78 is 0.294. The molecule has 0 atom stereocenters. The maximum Gasteiger partial charge on any atom is 0.239 e. The second kappa shape index (κ2) is 6.63. The van der Waals surface area contributed by atoms with Crippen molar-refractivity contribution in [3.63, 3.8) is 0 Å². The van der Waals surface area contributed by atoms with Crippen molar-refractivity contribution >= 4 is 35.1 Å². The summed E-state index contributed by atoms with van der Waals surface area (Å²) in [7, 11) is 0. The monoisotopic (exact) mass is 301 g/mol. The van der Waals surface area contributed by atoms with E-state index in [-0.39, 0.29) is 0 Å². The van der Waals surface area contributed by atoms with E-state index in [1.807, 2.05) is 11.8 Å². The van der Waals surface area contributed by atoms with Crippen LogP contribution in [0.2, 0.25) is 5.02 Å². The molecule has 0 saturated heterocycles. The van der Waals surface area contributed by atoms with Gasteiger partial charge in [0.2, 0.25) is 5.95 Å². The smallest absolute Gasteiger partial charge is 0.239 e. The van der Waals surface area contributed by atoms with Gasteiger partial charge in [0.15, 0.2) is 5.82 Å². The highest BCUT2D eigenvalue weighted by atomic mass is 35.5. The first-order valence-corrected chi connectivity index (χ1v) is 8.07. The Labute approximate surface area is 123 Å². The van der Waals surface area contributed by atoms with Crippen molar-refractivity contribution in [1.29, 1.82) is 0 Å². The van der Waals surface area contributed by atoms with Gasteiger partial charge in [0.05, 0.1) is 6.20 Å². The zero-order valence-corrected chi connectivity index (χ0v) is 12.7. The second-order valence-electron chi connectivity index (χ2n) is 4.84. The van der Waals surface area contributed by atoms with E-state index in [1.54, 1.807) is 6.20 Å². The maximum absolute atomic E-state index is 6.10. The Bertz CT molecular complexity index is 423. The van der Waals surface area contributed by atoms with Gasteiger partial charge in [0.25, 0.3) is 0 Å². The van der Waals surface area contributed by atoms with Crippen molar-refractivity contribution in [2.24, 2.45) is 5.84 Å². The predicted molar refractivity (Wildman–Crippen MR) is 82.7 cm³/mol. The lowest BCUT2D eigenvalue weighted by Gasteiger charge is -2.36. The van der Waals surface area contributed by atoms with Gasteiger partial charge in [0.1, 0.15) is 5.02 Å². The minimum Gasteiger partial charge on any atom is -0.367 e. The third kappa shape index (κ3) is 3.64. The molecule has 7 heteroatoms. The fraction of sp³-hybridized carbons (Fsp3) is 0.667. The van der Waals surface area contributed by atoms with E-state index in [2.05, 4.69) is 27.0 Å². The number of aromatic nitrogens is 2. The quantitative estimate of drug-likeness (QED) is 0.573. The molecule has 1 saturated carbocycles. The van der Waals surface area contributed by atoms with Crippen molar-refractivity contribution in [1.82, 2.24) is 9.97 Å². The van der Waals surface area contributed by atoms with Crippen LogP contribution in [0.25, 0.3) is 0 Å². The molecule has 1 aliphatic rings. The number of nitrogens with two attached hydrogens (primary N) is 1. The summed E-state index contributed by atoms with van der Waals surface area (Å²) in [5.74, 6) is 6.32. The number of nitrogens with one attached hydrogen (secondary N) is 2. The summed E-state index contributed by atoms with van der Waals surface area (Å²) in [5, 5.41) is 3.87. The van der Waals surface area contributed by atoms with Crippen LogP contribution in [0.3, 0.4) is 0 Å². The number of hydrazine groups is 1. The molecule has 1 heterocycles. The molecular weight excluding hydrogens is 282 g/mol. The second-order valence-corrected chi connectivity index (χ2v) is 6.52. The highest BCUT2D eigenvalue weighted by Gasteiger charge is 2.31. The molecule has 106 valence electrons. The van der Waals surface area contributed by atoms with Gasteiger partial charge >= 0.3 is 0 Å². The Morgan fingerprint density at radius 3 is 2.79 bits per heavy atom. The summed E-state index contributed by atoms with van der Waals surface area (Å²) in [6.45, 7) is 0.870.